The third-order valence-electron chi connectivity index (χ3n) is 2.21. The van der Waals surface area contributed by atoms with Crippen molar-refractivity contribution in [2.24, 2.45) is 5.41 Å². The van der Waals surface area contributed by atoms with Crippen LogP contribution in [0.4, 0.5) is 0 Å². The summed E-state index contributed by atoms with van der Waals surface area (Å²) in [7, 11) is 0. The van der Waals surface area contributed by atoms with Gasteiger partial charge in [0.15, 0.2) is 4.60 Å². The van der Waals surface area contributed by atoms with Crippen molar-refractivity contribution in [1.82, 2.24) is 15.0 Å². The van der Waals surface area contributed by atoms with Crippen LogP contribution >= 0.6 is 15.9 Å². The van der Waals surface area contributed by atoms with Crippen LogP contribution in [-0.2, 0) is 13.0 Å². The molecule has 0 saturated carbocycles. The monoisotopic (exact) mass is 273 g/mol. The van der Waals surface area contributed by atoms with Gasteiger partial charge in [-0.05, 0) is 34.2 Å². The Bertz CT molecular complexity index is 312. The summed E-state index contributed by atoms with van der Waals surface area (Å²) in [6.45, 7) is 9.86. The molecule has 3 nitrogen and oxygen atoms in total. The van der Waals surface area contributed by atoms with Gasteiger partial charge in [-0.1, -0.05) is 39.3 Å². The van der Waals surface area contributed by atoms with Gasteiger partial charge in [0.25, 0.3) is 0 Å². The third-order valence-corrected chi connectivity index (χ3v) is 2.83. The van der Waals surface area contributed by atoms with Crippen LogP contribution in [0.2, 0.25) is 0 Å². The zero-order valence-electron chi connectivity index (χ0n) is 10.0. The Morgan fingerprint density at radius 1 is 1.33 bits per heavy atom. The fourth-order valence-corrected chi connectivity index (χ4v) is 1.88. The number of aromatic nitrogens is 3. The van der Waals surface area contributed by atoms with Gasteiger partial charge in [0.1, 0.15) is 0 Å². The molecule has 0 saturated heterocycles. The van der Waals surface area contributed by atoms with Crippen LogP contribution in [0.25, 0.3) is 0 Å². The summed E-state index contributed by atoms with van der Waals surface area (Å²) in [5.41, 5.74) is 1.49. The molecule has 0 radical (unpaired) electrons. The standard InChI is InChI=1S/C11H20BrN3/c1-5-6-7-15-9(8-11(2,3)4)10(12)13-14-15/h5-8H2,1-4H3. The second-order valence-corrected chi connectivity index (χ2v) is 5.89. The largest absolute Gasteiger partial charge is 0.248 e. The van der Waals surface area contributed by atoms with Crippen molar-refractivity contribution < 1.29 is 0 Å². The van der Waals surface area contributed by atoms with Gasteiger partial charge >= 0.3 is 0 Å². The molecule has 1 aromatic heterocycles. The lowest BCUT2D eigenvalue weighted by molar-refractivity contribution is 0.388. The van der Waals surface area contributed by atoms with E-state index in [1.165, 1.54) is 12.1 Å². The average molecular weight is 274 g/mol. The van der Waals surface area contributed by atoms with E-state index in [1.807, 2.05) is 4.68 Å². The maximum absolute atomic E-state index is 4.16. The summed E-state index contributed by atoms with van der Waals surface area (Å²) in [6, 6.07) is 0. The quantitative estimate of drug-likeness (QED) is 0.842. The van der Waals surface area contributed by atoms with Crippen LogP contribution in [0, 0.1) is 5.41 Å². The summed E-state index contributed by atoms with van der Waals surface area (Å²) in [6.07, 6.45) is 3.35. The summed E-state index contributed by atoms with van der Waals surface area (Å²) >= 11 is 3.47. The lowest BCUT2D eigenvalue weighted by Gasteiger charge is -2.18. The molecule has 0 bridgehead atoms. The molecule has 0 aromatic carbocycles. The molecule has 1 heterocycles. The van der Waals surface area contributed by atoms with Crippen molar-refractivity contribution >= 4 is 15.9 Å². The molecule has 0 aliphatic heterocycles. The van der Waals surface area contributed by atoms with Gasteiger partial charge in [0.2, 0.25) is 0 Å². The lowest BCUT2D eigenvalue weighted by Crippen LogP contribution is -2.14. The van der Waals surface area contributed by atoms with Crippen LogP contribution < -0.4 is 0 Å². The normalized spacial score (nSPS) is 12.1. The van der Waals surface area contributed by atoms with Crippen LogP contribution in [0.15, 0.2) is 4.60 Å². The molecule has 0 spiro atoms. The third kappa shape index (κ3) is 3.93. The minimum absolute atomic E-state index is 0.272. The second kappa shape index (κ2) is 5.10. The Morgan fingerprint density at radius 3 is 2.53 bits per heavy atom. The van der Waals surface area contributed by atoms with E-state index in [0.717, 1.165) is 24.0 Å². The lowest BCUT2D eigenvalue weighted by atomic mass is 9.91. The predicted octanol–water partition coefficient (Wildman–Crippen LogP) is 3.43. The number of rotatable bonds is 4. The zero-order chi connectivity index (χ0) is 11.5. The first kappa shape index (κ1) is 12.7. The second-order valence-electron chi connectivity index (χ2n) is 5.14. The summed E-state index contributed by atoms with van der Waals surface area (Å²) in [4.78, 5) is 0. The van der Waals surface area contributed by atoms with E-state index in [9.17, 15) is 0 Å². The number of unbranched alkanes of at least 4 members (excludes halogenated alkanes) is 1. The van der Waals surface area contributed by atoms with E-state index < -0.39 is 0 Å². The highest BCUT2D eigenvalue weighted by Crippen LogP contribution is 2.24. The first-order valence-corrected chi connectivity index (χ1v) is 6.31. The first-order valence-electron chi connectivity index (χ1n) is 5.52. The molecule has 15 heavy (non-hydrogen) atoms. The molecular weight excluding hydrogens is 254 g/mol. The predicted molar refractivity (Wildman–Crippen MR) is 65.8 cm³/mol. The van der Waals surface area contributed by atoms with E-state index in [-0.39, 0.29) is 5.41 Å². The summed E-state index contributed by atoms with van der Waals surface area (Å²) < 4.78 is 2.92. The Kier molecular flexibility index (Phi) is 4.32. The molecule has 86 valence electrons. The van der Waals surface area contributed by atoms with Crippen LogP contribution in [-0.4, -0.2) is 15.0 Å². The van der Waals surface area contributed by atoms with Crippen LogP contribution in [0.5, 0.6) is 0 Å². The Morgan fingerprint density at radius 2 is 2.00 bits per heavy atom. The van der Waals surface area contributed by atoms with Gasteiger partial charge in [-0.2, -0.15) is 0 Å². The number of halogens is 1. The molecular formula is C11H20BrN3. The van der Waals surface area contributed by atoms with E-state index in [2.05, 4.69) is 53.9 Å². The van der Waals surface area contributed by atoms with E-state index in [1.54, 1.807) is 0 Å². The van der Waals surface area contributed by atoms with Crippen LogP contribution in [0.1, 0.15) is 46.2 Å². The minimum Gasteiger partial charge on any atom is -0.248 e. The van der Waals surface area contributed by atoms with Gasteiger partial charge in [-0.25, -0.2) is 4.68 Å². The molecule has 0 amide bonds. The average Bonchev–Trinajstić information content (AvgIpc) is 2.43. The van der Waals surface area contributed by atoms with E-state index in [0.29, 0.717) is 0 Å². The van der Waals surface area contributed by atoms with Gasteiger partial charge in [-0.3, -0.25) is 0 Å². The summed E-state index contributed by atoms with van der Waals surface area (Å²) in [5.74, 6) is 0. The van der Waals surface area contributed by atoms with Crippen molar-refractivity contribution in [3.63, 3.8) is 0 Å². The van der Waals surface area contributed by atoms with Gasteiger partial charge in [0.05, 0.1) is 5.69 Å². The van der Waals surface area contributed by atoms with Gasteiger partial charge in [0, 0.05) is 6.54 Å². The fourth-order valence-electron chi connectivity index (χ4n) is 1.47. The first-order chi connectivity index (χ1) is 6.94. The molecule has 0 unspecified atom stereocenters. The molecule has 1 rings (SSSR count). The fraction of sp³-hybridized carbons (Fsp3) is 0.818. The number of hydrogen-bond donors (Lipinski definition) is 0. The molecule has 0 N–H and O–H groups in total. The van der Waals surface area contributed by atoms with Crippen molar-refractivity contribution in [2.45, 2.75) is 53.5 Å². The van der Waals surface area contributed by atoms with Crippen molar-refractivity contribution in [3.8, 4) is 0 Å². The van der Waals surface area contributed by atoms with Gasteiger partial charge < -0.3 is 0 Å². The van der Waals surface area contributed by atoms with Crippen molar-refractivity contribution in [1.29, 1.82) is 0 Å². The smallest absolute Gasteiger partial charge is 0.151 e. The number of nitrogens with zero attached hydrogens (tertiary/aromatic N) is 3. The molecule has 0 fully saturated rings. The Hall–Kier alpha value is -0.380. The number of aryl methyl sites for hydroxylation is 1. The molecule has 0 atom stereocenters. The van der Waals surface area contributed by atoms with Crippen molar-refractivity contribution in [3.05, 3.63) is 10.3 Å². The highest BCUT2D eigenvalue weighted by atomic mass is 79.9. The van der Waals surface area contributed by atoms with E-state index >= 15 is 0 Å². The maximum Gasteiger partial charge on any atom is 0.151 e. The Balaban J connectivity index is 2.80. The Labute approximate surface area is 100 Å². The maximum atomic E-state index is 4.16. The SMILES string of the molecule is CCCCn1nnc(Br)c1CC(C)(C)C. The zero-order valence-corrected chi connectivity index (χ0v) is 11.6. The van der Waals surface area contributed by atoms with E-state index in [4.69, 9.17) is 0 Å². The highest BCUT2D eigenvalue weighted by molar-refractivity contribution is 9.10. The number of hydrogen-bond acceptors (Lipinski definition) is 2. The van der Waals surface area contributed by atoms with Crippen molar-refractivity contribution in [2.75, 3.05) is 0 Å². The minimum atomic E-state index is 0.272. The van der Waals surface area contributed by atoms with Gasteiger partial charge in [-0.15, -0.1) is 5.10 Å². The van der Waals surface area contributed by atoms with Crippen LogP contribution in [0.3, 0.4) is 0 Å². The summed E-state index contributed by atoms with van der Waals surface area (Å²) in [5, 5.41) is 8.24. The molecule has 0 aliphatic rings. The molecule has 4 heteroatoms. The topological polar surface area (TPSA) is 30.7 Å². The molecule has 1 aromatic rings. The molecule has 0 aliphatic carbocycles. The highest BCUT2D eigenvalue weighted by Gasteiger charge is 2.18.